The van der Waals surface area contributed by atoms with E-state index in [1.54, 1.807) is 38.5 Å². The number of carbonyl (C=O) groups is 1. The molecule has 3 atom stereocenters. The van der Waals surface area contributed by atoms with Gasteiger partial charge in [0, 0.05) is 11.4 Å². The molecule has 1 saturated heterocycles. The molecule has 0 aromatic heterocycles. The van der Waals surface area contributed by atoms with Gasteiger partial charge in [0.25, 0.3) is 0 Å². The predicted molar refractivity (Wildman–Crippen MR) is 109 cm³/mol. The van der Waals surface area contributed by atoms with Crippen LogP contribution in [0.2, 0.25) is 0 Å². The van der Waals surface area contributed by atoms with E-state index in [2.05, 4.69) is 10.6 Å². The van der Waals surface area contributed by atoms with Crippen LogP contribution in [0.3, 0.4) is 0 Å². The summed E-state index contributed by atoms with van der Waals surface area (Å²) in [5, 5.41) is 6.45. The lowest BCUT2D eigenvalue weighted by Crippen LogP contribution is -2.71. The Morgan fingerprint density at radius 3 is 2.07 bits per heavy atom. The van der Waals surface area contributed by atoms with E-state index < -0.39 is 26.2 Å². The van der Waals surface area contributed by atoms with Crippen LogP contribution >= 0.6 is 8.61 Å². The first-order chi connectivity index (χ1) is 13.5. The van der Waals surface area contributed by atoms with Gasteiger partial charge in [-0.15, -0.1) is 4.67 Å². The molecule has 2 unspecified atom stereocenters. The zero-order chi connectivity index (χ0) is 20.1. The quantitative estimate of drug-likeness (QED) is 0.482. The maximum Gasteiger partial charge on any atom is 0.451 e. The summed E-state index contributed by atoms with van der Waals surface area (Å²) in [5.74, 6) is 1.01. The number of hydrogen-bond donors (Lipinski definition) is 3. The van der Waals surface area contributed by atoms with Gasteiger partial charge in [0.2, 0.25) is 0 Å². The molecule has 1 amide bonds. The number of nitrogens with two attached hydrogens (primary N) is 1. The Kier molecular flexibility index (Phi) is 6.02. The van der Waals surface area contributed by atoms with Crippen molar-refractivity contribution in [2.75, 3.05) is 31.4 Å². The first-order valence-corrected chi connectivity index (χ1v) is 9.67. The Morgan fingerprint density at radius 2 is 1.57 bits per heavy atom. The molecule has 0 aliphatic carbocycles. The number of nitrogens with one attached hydrogen (secondary N) is 2. The van der Waals surface area contributed by atoms with E-state index >= 15 is 0 Å². The molecule has 1 aliphatic heterocycles. The number of rotatable bonds is 7. The van der Waals surface area contributed by atoms with Crippen molar-refractivity contribution in [2.24, 2.45) is 5.73 Å². The number of nitrogens with zero attached hydrogens (tertiary/aromatic N) is 1. The first-order valence-electron chi connectivity index (χ1n) is 8.81. The highest BCUT2D eigenvalue weighted by atomic mass is 31.1. The minimum absolute atomic E-state index is 0.359. The molecular formula is C19H24N4O4P+. The van der Waals surface area contributed by atoms with E-state index in [4.69, 9.17) is 15.2 Å². The smallest absolute Gasteiger partial charge is 0.451 e. The highest BCUT2D eigenvalue weighted by molar-refractivity contribution is 7.21. The summed E-state index contributed by atoms with van der Waals surface area (Å²) in [4.78, 5) is 13.0. The lowest BCUT2D eigenvalue weighted by Gasteiger charge is -2.42. The zero-order valence-electron chi connectivity index (χ0n) is 15.8. The summed E-state index contributed by atoms with van der Waals surface area (Å²) in [6, 6.07) is 14.1. The lowest BCUT2D eigenvalue weighted by atomic mass is 9.92. The average Bonchev–Trinajstić information content (AvgIpc) is 2.73. The van der Waals surface area contributed by atoms with Gasteiger partial charge in [0.15, 0.2) is 5.66 Å². The molecule has 4 N–H and O–H groups in total. The first kappa shape index (κ1) is 19.9. The molecule has 0 saturated carbocycles. The maximum atomic E-state index is 13.0. The molecule has 1 fully saturated rings. The maximum absolute atomic E-state index is 13.0. The number of benzene rings is 2. The van der Waals surface area contributed by atoms with Gasteiger partial charge in [-0.25, -0.2) is 0 Å². The van der Waals surface area contributed by atoms with E-state index in [1.807, 2.05) is 24.3 Å². The van der Waals surface area contributed by atoms with Crippen LogP contribution in [0.15, 0.2) is 48.5 Å². The van der Waals surface area contributed by atoms with Crippen molar-refractivity contribution in [3.05, 3.63) is 48.5 Å². The van der Waals surface area contributed by atoms with Gasteiger partial charge in [-0.3, -0.25) is 10.5 Å². The van der Waals surface area contributed by atoms with E-state index in [1.165, 1.54) is 4.67 Å². The van der Waals surface area contributed by atoms with E-state index in [0.29, 0.717) is 24.4 Å². The van der Waals surface area contributed by atoms with Gasteiger partial charge >= 0.3 is 14.5 Å². The molecule has 148 valence electrons. The number of methoxy groups -OCH3 is 2. The van der Waals surface area contributed by atoms with Crippen LogP contribution in [-0.4, -0.2) is 43.0 Å². The van der Waals surface area contributed by atoms with E-state index in [9.17, 15) is 9.36 Å². The largest absolute Gasteiger partial charge is 0.497 e. The van der Waals surface area contributed by atoms with Crippen LogP contribution in [0.25, 0.3) is 0 Å². The molecule has 28 heavy (non-hydrogen) atoms. The second-order valence-electron chi connectivity index (χ2n) is 6.48. The number of carbonyl (C=O) groups excluding carboxylic acids is 1. The topological polar surface area (TPSA) is 106 Å². The Bertz CT molecular complexity index is 831. The molecule has 8 nitrogen and oxygen atoms in total. The van der Waals surface area contributed by atoms with Crippen molar-refractivity contribution in [1.29, 1.82) is 0 Å². The molecule has 0 spiro atoms. The van der Waals surface area contributed by atoms with E-state index in [-0.39, 0.29) is 0 Å². The van der Waals surface area contributed by atoms with Gasteiger partial charge in [-0.2, -0.15) is 0 Å². The highest BCUT2D eigenvalue weighted by Crippen LogP contribution is 2.30. The van der Waals surface area contributed by atoms with Gasteiger partial charge < -0.3 is 20.1 Å². The number of anilines is 2. The van der Waals surface area contributed by atoms with Crippen molar-refractivity contribution in [2.45, 2.75) is 18.1 Å². The molecule has 2 aromatic carbocycles. The Hall–Kier alpha value is -2.83. The summed E-state index contributed by atoms with van der Waals surface area (Å²) in [5.41, 5.74) is 6.57. The third kappa shape index (κ3) is 4.03. The van der Waals surface area contributed by atoms with Crippen LogP contribution in [0, 0.1) is 0 Å². The Morgan fingerprint density at radius 1 is 1.04 bits per heavy atom. The summed E-state index contributed by atoms with van der Waals surface area (Å²) < 4.78 is 23.0. The van der Waals surface area contributed by atoms with Crippen LogP contribution in [-0.2, 0) is 9.36 Å². The summed E-state index contributed by atoms with van der Waals surface area (Å²) in [6.07, 6.45) is 0.534. The van der Waals surface area contributed by atoms with Crippen LogP contribution < -0.4 is 25.8 Å². The fraction of sp³-hybridized carbons (Fsp3) is 0.316. The van der Waals surface area contributed by atoms with Gasteiger partial charge in [0.1, 0.15) is 11.5 Å². The average molecular weight is 403 g/mol. The third-order valence-electron chi connectivity index (χ3n) is 4.77. The fourth-order valence-electron chi connectivity index (χ4n) is 3.18. The van der Waals surface area contributed by atoms with Gasteiger partial charge in [-0.1, -0.05) is 0 Å². The number of ether oxygens (including phenoxy) is 2. The lowest BCUT2D eigenvalue weighted by molar-refractivity contribution is -0.133. The van der Waals surface area contributed by atoms with Gasteiger partial charge in [0.05, 0.1) is 26.8 Å². The standard InChI is InChI=1S/C19H23N4O4P/c1-26-15-7-3-13(4-8-15)21-17-11-12-23(28-25)18(24)19(17,20)22-14-5-9-16(27-2)10-6-14/h3-10,17,21-22H,11-12,20H2,1-2H3/p+1/t17?,19-/m0/s1. The summed E-state index contributed by atoms with van der Waals surface area (Å²) in [6.45, 7) is 0.359. The Labute approximate surface area is 165 Å². The van der Waals surface area contributed by atoms with Crippen LogP contribution in [0.5, 0.6) is 11.5 Å². The van der Waals surface area contributed by atoms with E-state index in [0.717, 1.165) is 11.4 Å². The van der Waals surface area contributed by atoms with Crippen molar-refractivity contribution in [1.82, 2.24) is 4.67 Å². The van der Waals surface area contributed by atoms with Crippen molar-refractivity contribution < 1.29 is 18.8 Å². The van der Waals surface area contributed by atoms with Crippen molar-refractivity contribution in [3.63, 3.8) is 0 Å². The third-order valence-corrected chi connectivity index (χ3v) is 5.42. The van der Waals surface area contributed by atoms with Crippen LogP contribution in [0.1, 0.15) is 6.42 Å². The summed E-state index contributed by atoms with van der Waals surface area (Å²) in [7, 11) is 2.30. The normalized spacial score (nSPS) is 22.0. The molecule has 0 bridgehead atoms. The van der Waals surface area contributed by atoms with Crippen LogP contribution in [0.4, 0.5) is 11.4 Å². The van der Waals surface area contributed by atoms with Gasteiger partial charge in [-0.05, 0) is 59.5 Å². The summed E-state index contributed by atoms with van der Waals surface area (Å²) >= 11 is 0. The number of amides is 1. The SMILES string of the molecule is COc1ccc(NC2CCN([PH+]=O)C(=O)[C@@]2(N)Nc2ccc(OC)cc2)cc1. The predicted octanol–water partition coefficient (Wildman–Crippen LogP) is 2.42. The highest BCUT2D eigenvalue weighted by Gasteiger charge is 2.51. The molecule has 9 heteroatoms. The minimum Gasteiger partial charge on any atom is -0.497 e. The minimum atomic E-state index is -1.47. The fourth-order valence-corrected chi connectivity index (χ4v) is 3.66. The zero-order valence-corrected chi connectivity index (χ0v) is 16.8. The number of hydrogen-bond acceptors (Lipinski definition) is 7. The van der Waals surface area contributed by atoms with Crippen molar-refractivity contribution in [3.8, 4) is 11.5 Å². The Balaban J connectivity index is 1.86. The molecule has 2 aromatic rings. The second-order valence-corrected chi connectivity index (χ2v) is 7.21. The monoisotopic (exact) mass is 403 g/mol. The second kappa shape index (κ2) is 8.46. The van der Waals surface area contributed by atoms with Crippen molar-refractivity contribution >= 4 is 25.9 Å². The molecule has 0 radical (unpaired) electrons. The molecule has 1 aliphatic rings. The molecule has 3 rings (SSSR count). The molecule has 1 heterocycles. The molecular weight excluding hydrogens is 379 g/mol. The number of piperidine rings is 1.